The average Bonchev–Trinajstić information content (AvgIpc) is 3.60. The molecule has 1 atom stereocenters. The predicted molar refractivity (Wildman–Crippen MR) is 157 cm³/mol. The van der Waals surface area contributed by atoms with E-state index in [9.17, 15) is 14.7 Å². The maximum atomic E-state index is 14.0. The number of hydrogen-bond donors (Lipinski definition) is 1. The number of carboxylic acid groups (broad SMARTS) is 1. The molecule has 7 nitrogen and oxygen atoms in total. The summed E-state index contributed by atoms with van der Waals surface area (Å²) in [5.74, 6) is 0.601. The van der Waals surface area contributed by atoms with Gasteiger partial charge in [-0.2, -0.15) is 0 Å². The van der Waals surface area contributed by atoms with Gasteiger partial charge in [0.25, 0.3) is 5.56 Å². The third kappa shape index (κ3) is 4.24. The first kappa shape index (κ1) is 25.0. The van der Waals surface area contributed by atoms with Gasteiger partial charge in [0.2, 0.25) is 0 Å². The fourth-order valence-electron chi connectivity index (χ4n) is 5.70. The Hall–Kier alpha value is -4.95. The van der Waals surface area contributed by atoms with E-state index < -0.39 is 5.97 Å². The number of hydrogen-bond acceptors (Lipinski definition) is 6. The van der Waals surface area contributed by atoms with Crippen molar-refractivity contribution in [1.82, 2.24) is 4.57 Å². The predicted octanol–water partition coefficient (Wildman–Crippen LogP) is 5.29. The van der Waals surface area contributed by atoms with E-state index in [1.807, 2.05) is 30.3 Å². The number of thiazole rings is 1. The van der Waals surface area contributed by atoms with E-state index in [4.69, 9.17) is 14.1 Å². The minimum atomic E-state index is -1.03. The Morgan fingerprint density at radius 3 is 2.54 bits per heavy atom. The number of aromatic carboxylic acids is 1. The van der Waals surface area contributed by atoms with Gasteiger partial charge in [0, 0.05) is 17.2 Å². The van der Waals surface area contributed by atoms with Crippen LogP contribution in [-0.2, 0) is 6.42 Å². The van der Waals surface area contributed by atoms with Crippen LogP contribution in [0.4, 0.5) is 0 Å². The van der Waals surface area contributed by atoms with E-state index in [-0.39, 0.29) is 17.2 Å². The van der Waals surface area contributed by atoms with Gasteiger partial charge in [0.15, 0.2) is 4.80 Å². The number of allylic oxidation sites excluding steroid dienone is 1. The Balaban J connectivity index is 1.39. The van der Waals surface area contributed by atoms with Gasteiger partial charge in [-0.15, -0.1) is 0 Å². The SMILES string of the molecule is COc1ccc(C2C3=C(N=c4sc(=Cc5ccc(-c6ccccc6C(=O)O)o5)c(=O)n42)c2ccccc2CC3)cc1. The van der Waals surface area contributed by atoms with Gasteiger partial charge in [-0.3, -0.25) is 9.36 Å². The molecule has 0 amide bonds. The van der Waals surface area contributed by atoms with Crippen LogP contribution in [0.3, 0.4) is 0 Å². The van der Waals surface area contributed by atoms with E-state index in [2.05, 4.69) is 18.2 Å². The van der Waals surface area contributed by atoms with Crippen LogP contribution in [0.5, 0.6) is 5.75 Å². The number of rotatable bonds is 5. The second kappa shape index (κ2) is 9.91. The van der Waals surface area contributed by atoms with Crippen molar-refractivity contribution in [2.75, 3.05) is 7.11 Å². The van der Waals surface area contributed by atoms with Crippen molar-refractivity contribution in [1.29, 1.82) is 0 Å². The Kier molecular flexibility index (Phi) is 6.05. The molecule has 202 valence electrons. The first-order valence-electron chi connectivity index (χ1n) is 13.2. The van der Waals surface area contributed by atoms with Crippen LogP contribution in [0.1, 0.15) is 45.3 Å². The van der Waals surface area contributed by atoms with Crippen molar-refractivity contribution in [3.63, 3.8) is 0 Å². The molecule has 0 bridgehead atoms. The van der Waals surface area contributed by atoms with Gasteiger partial charge in [-0.25, -0.2) is 9.79 Å². The van der Waals surface area contributed by atoms with Gasteiger partial charge in [-0.1, -0.05) is 65.9 Å². The molecule has 0 saturated heterocycles. The third-order valence-electron chi connectivity index (χ3n) is 7.63. The van der Waals surface area contributed by atoms with Gasteiger partial charge in [0.1, 0.15) is 17.3 Å². The molecule has 0 radical (unpaired) electrons. The highest BCUT2D eigenvalue weighted by Crippen LogP contribution is 2.41. The molecule has 0 spiro atoms. The smallest absolute Gasteiger partial charge is 0.336 e. The van der Waals surface area contributed by atoms with Gasteiger partial charge in [-0.05, 0) is 59.9 Å². The molecule has 41 heavy (non-hydrogen) atoms. The highest BCUT2D eigenvalue weighted by molar-refractivity contribution is 7.07. The largest absolute Gasteiger partial charge is 0.497 e. The second-order valence-corrected chi connectivity index (χ2v) is 10.9. The fourth-order valence-corrected chi connectivity index (χ4v) is 6.68. The van der Waals surface area contributed by atoms with Crippen LogP contribution in [0, 0.1) is 0 Å². The van der Waals surface area contributed by atoms with Crippen molar-refractivity contribution in [3.8, 4) is 17.1 Å². The minimum Gasteiger partial charge on any atom is -0.497 e. The molecule has 7 rings (SSSR count). The summed E-state index contributed by atoms with van der Waals surface area (Å²) in [6.07, 6.45) is 3.40. The summed E-state index contributed by atoms with van der Waals surface area (Å²) in [6.45, 7) is 0. The molecule has 3 heterocycles. The Morgan fingerprint density at radius 1 is 1.00 bits per heavy atom. The number of methoxy groups -OCH3 is 1. The molecule has 1 aliphatic heterocycles. The first-order valence-corrected chi connectivity index (χ1v) is 14.0. The Labute approximate surface area is 238 Å². The van der Waals surface area contributed by atoms with Crippen LogP contribution in [0.25, 0.3) is 23.1 Å². The zero-order valence-corrected chi connectivity index (χ0v) is 22.9. The number of ether oxygens (including phenoxy) is 1. The molecule has 0 saturated carbocycles. The number of aromatic nitrogens is 1. The summed E-state index contributed by atoms with van der Waals surface area (Å²) in [6, 6.07) is 26.0. The first-order chi connectivity index (χ1) is 20.0. The number of furan rings is 1. The average molecular weight is 561 g/mol. The number of benzene rings is 3. The highest BCUT2D eigenvalue weighted by Gasteiger charge is 2.32. The van der Waals surface area contributed by atoms with E-state index in [0.29, 0.717) is 26.4 Å². The van der Waals surface area contributed by atoms with Gasteiger partial charge < -0.3 is 14.3 Å². The number of fused-ring (bicyclic) bond motifs is 3. The van der Waals surface area contributed by atoms with Crippen molar-refractivity contribution in [2.24, 2.45) is 4.99 Å². The summed E-state index contributed by atoms with van der Waals surface area (Å²) >= 11 is 1.32. The maximum Gasteiger partial charge on any atom is 0.336 e. The second-order valence-electron chi connectivity index (χ2n) is 9.94. The molecule has 5 aromatic rings. The molecule has 1 unspecified atom stereocenters. The lowest BCUT2D eigenvalue weighted by molar-refractivity contribution is 0.0697. The number of nitrogens with zero attached hydrogens (tertiary/aromatic N) is 2. The standard InChI is InChI=1S/C33H24N2O5S/c1-39-21-13-10-20(11-14-21)30-26-16-12-19-6-2-3-7-23(19)29(26)34-33-35(30)31(36)28(41-33)18-22-15-17-27(40-22)24-8-4-5-9-25(24)32(37)38/h2-11,13-15,17-18,30H,12,16H2,1H3,(H,37,38). The fraction of sp³-hybridized carbons (Fsp3) is 0.121. The molecule has 8 heteroatoms. The Morgan fingerprint density at radius 2 is 1.76 bits per heavy atom. The molecule has 2 aromatic heterocycles. The lowest BCUT2D eigenvalue weighted by atomic mass is 9.83. The van der Waals surface area contributed by atoms with Crippen LogP contribution in [-0.4, -0.2) is 22.8 Å². The van der Waals surface area contributed by atoms with Gasteiger partial charge in [0.05, 0.1) is 28.9 Å². The van der Waals surface area contributed by atoms with E-state index >= 15 is 0 Å². The van der Waals surface area contributed by atoms with Crippen molar-refractivity contribution in [2.45, 2.75) is 18.9 Å². The minimum absolute atomic E-state index is 0.149. The lowest BCUT2D eigenvalue weighted by Gasteiger charge is -2.30. The van der Waals surface area contributed by atoms with Crippen LogP contribution in [0.2, 0.25) is 0 Å². The topological polar surface area (TPSA) is 94.0 Å². The summed E-state index contributed by atoms with van der Waals surface area (Å²) in [5.41, 5.74) is 5.90. The zero-order valence-electron chi connectivity index (χ0n) is 22.0. The molecular weight excluding hydrogens is 536 g/mol. The maximum absolute atomic E-state index is 14.0. The number of aryl methyl sites for hydroxylation is 1. The van der Waals surface area contributed by atoms with E-state index in [1.54, 1.807) is 48.1 Å². The van der Waals surface area contributed by atoms with Crippen LogP contribution in [0.15, 0.2) is 105 Å². The summed E-state index contributed by atoms with van der Waals surface area (Å²) in [5, 5.41) is 9.58. The summed E-state index contributed by atoms with van der Waals surface area (Å²) in [4.78, 5) is 31.4. The zero-order chi connectivity index (χ0) is 28.1. The van der Waals surface area contributed by atoms with Crippen LogP contribution < -0.4 is 19.6 Å². The van der Waals surface area contributed by atoms with Crippen molar-refractivity contribution >= 4 is 29.1 Å². The highest BCUT2D eigenvalue weighted by atomic mass is 32.1. The van der Waals surface area contributed by atoms with E-state index in [1.165, 1.54) is 23.0 Å². The molecule has 1 aliphatic carbocycles. The van der Waals surface area contributed by atoms with Crippen LogP contribution >= 0.6 is 11.3 Å². The monoisotopic (exact) mass is 560 g/mol. The van der Waals surface area contributed by atoms with E-state index in [0.717, 1.165) is 41.0 Å². The van der Waals surface area contributed by atoms with Gasteiger partial charge >= 0.3 is 5.97 Å². The lowest BCUT2D eigenvalue weighted by Crippen LogP contribution is -2.38. The molecule has 0 fully saturated rings. The molecule has 1 N–H and O–H groups in total. The van der Waals surface area contributed by atoms with Crippen molar-refractivity contribution in [3.05, 3.63) is 138 Å². The molecule has 2 aliphatic rings. The Bertz CT molecular complexity index is 2050. The number of carboxylic acids is 1. The number of carbonyl (C=O) groups is 1. The quantitative estimate of drug-likeness (QED) is 0.316. The normalized spacial score (nSPS) is 16.0. The third-order valence-corrected chi connectivity index (χ3v) is 8.61. The summed E-state index contributed by atoms with van der Waals surface area (Å²) < 4.78 is 13.7. The summed E-state index contributed by atoms with van der Waals surface area (Å²) in [7, 11) is 1.64. The van der Waals surface area contributed by atoms with Crippen molar-refractivity contribution < 1.29 is 19.1 Å². The molecule has 3 aromatic carbocycles. The molecular formula is C33H24N2O5S.